The van der Waals surface area contributed by atoms with Crippen molar-refractivity contribution < 1.29 is 17.5 Å². The maximum absolute atomic E-state index is 13.8. The quantitative estimate of drug-likeness (QED) is 0.499. The van der Waals surface area contributed by atoms with E-state index in [1.54, 1.807) is 24.3 Å². The molecule has 0 saturated carbocycles. The monoisotopic (exact) mass is 502 g/mol. The van der Waals surface area contributed by atoms with Crippen LogP contribution < -0.4 is 9.64 Å². The summed E-state index contributed by atoms with van der Waals surface area (Å²) in [7, 11) is -3.76. The average Bonchev–Trinajstić information content (AvgIpc) is 2.84. The minimum Gasteiger partial charge on any atom is -0.438 e. The Bertz CT molecular complexity index is 1300. The van der Waals surface area contributed by atoms with Gasteiger partial charge in [0.1, 0.15) is 11.6 Å². The number of piperidine rings is 1. The normalized spacial score (nSPS) is 16.8. The highest BCUT2D eigenvalue weighted by molar-refractivity contribution is 7.89. The fraction of sp³-hybridized carbons (Fsp3) is 0.333. The number of hydrogen-bond donors (Lipinski definition) is 0. The zero-order valence-electron chi connectivity index (χ0n) is 18.5. The fourth-order valence-corrected chi connectivity index (χ4v) is 5.80. The van der Waals surface area contributed by atoms with Crippen LogP contribution in [0.15, 0.2) is 53.4 Å². The molecule has 10 heteroatoms. The van der Waals surface area contributed by atoms with E-state index in [1.165, 1.54) is 35.0 Å². The lowest BCUT2D eigenvalue weighted by atomic mass is 10.1. The van der Waals surface area contributed by atoms with Crippen molar-refractivity contribution in [3.8, 4) is 11.6 Å². The van der Waals surface area contributed by atoms with E-state index in [-0.39, 0.29) is 23.9 Å². The van der Waals surface area contributed by atoms with Crippen molar-refractivity contribution in [3.05, 3.63) is 70.6 Å². The van der Waals surface area contributed by atoms with Crippen molar-refractivity contribution >= 4 is 27.6 Å². The first kappa shape index (κ1) is 23.0. The molecule has 1 aromatic heterocycles. The van der Waals surface area contributed by atoms with Gasteiger partial charge in [-0.3, -0.25) is 0 Å². The summed E-state index contributed by atoms with van der Waals surface area (Å²) in [6.07, 6.45) is 3.72. The van der Waals surface area contributed by atoms with Gasteiger partial charge in [-0.25, -0.2) is 17.8 Å². The molecule has 2 aliphatic rings. The molecule has 0 spiro atoms. The lowest BCUT2D eigenvalue weighted by molar-refractivity contribution is 0.368. The van der Waals surface area contributed by atoms with Crippen LogP contribution in [-0.4, -0.2) is 42.3 Å². The van der Waals surface area contributed by atoms with E-state index in [1.807, 2.05) is 0 Å². The van der Waals surface area contributed by atoms with Gasteiger partial charge >= 0.3 is 0 Å². The fourth-order valence-electron chi connectivity index (χ4n) is 4.27. The minimum absolute atomic E-state index is 0.0607. The molecular formula is C24H24ClFN4O3S. The van der Waals surface area contributed by atoms with Crippen molar-refractivity contribution in [2.24, 2.45) is 0 Å². The second-order valence-corrected chi connectivity index (χ2v) is 10.8. The first-order valence-corrected chi connectivity index (χ1v) is 13.1. The van der Waals surface area contributed by atoms with Gasteiger partial charge in [0, 0.05) is 43.7 Å². The summed E-state index contributed by atoms with van der Waals surface area (Å²) in [4.78, 5) is 11.7. The molecule has 7 nitrogen and oxygen atoms in total. The van der Waals surface area contributed by atoms with Crippen molar-refractivity contribution in [1.29, 1.82) is 0 Å². The molecular weight excluding hydrogens is 479 g/mol. The second kappa shape index (κ2) is 9.48. The van der Waals surface area contributed by atoms with Crippen LogP contribution in [0.1, 0.15) is 30.5 Å². The van der Waals surface area contributed by atoms with Crippen LogP contribution in [0.3, 0.4) is 0 Å². The van der Waals surface area contributed by atoms with Gasteiger partial charge in [-0.05, 0) is 55.7 Å². The number of sulfonamides is 1. The van der Waals surface area contributed by atoms with Crippen LogP contribution in [0.2, 0.25) is 5.02 Å². The Labute approximate surface area is 203 Å². The van der Waals surface area contributed by atoms with Crippen LogP contribution in [-0.2, 0) is 23.0 Å². The van der Waals surface area contributed by atoms with Crippen LogP contribution in [0, 0.1) is 5.82 Å². The number of rotatable bonds is 5. The highest BCUT2D eigenvalue weighted by Gasteiger charge is 2.32. The maximum Gasteiger partial charge on any atom is 0.243 e. The van der Waals surface area contributed by atoms with Crippen LogP contribution in [0.5, 0.6) is 11.6 Å². The first-order chi connectivity index (χ1) is 16.4. The summed E-state index contributed by atoms with van der Waals surface area (Å²) < 4.78 is 47.8. The number of nitrogens with zero attached hydrogens (tertiary/aromatic N) is 4. The zero-order valence-corrected chi connectivity index (χ0v) is 20.0. The van der Waals surface area contributed by atoms with Crippen molar-refractivity contribution in [2.75, 3.05) is 24.5 Å². The smallest absolute Gasteiger partial charge is 0.243 e. The molecule has 5 rings (SSSR count). The Morgan fingerprint density at radius 1 is 0.971 bits per heavy atom. The molecule has 2 aliphatic heterocycles. The highest BCUT2D eigenvalue weighted by Crippen LogP contribution is 2.34. The average molecular weight is 503 g/mol. The molecule has 178 valence electrons. The van der Waals surface area contributed by atoms with Gasteiger partial charge in [-0.2, -0.15) is 9.29 Å². The lowest BCUT2D eigenvalue weighted by Gasteiger charge is -2.31. The number of ether oxygens (including phenoxy) is 1. The summed E-state index contributed by atoms with van der Waals surface area (Å²) in [6, 6.07) is 11.9. The third-order valence-electron chi connectivity index (χ3n) is 6.08. The first-order valence-electron chi connectivity index (χ1n) is 11.2. The van der Waals surface area contributed by atoms with Gasteiger partial charge in [-0.1, -0.05) is 17.7 Å². The number of benzene rings is 2. The topological polar surface area (TPSA) is 75.6 Å². The molecule has 0 unspecified atom stereocenters. The summed E-state index contributed by atoms with van der Waals surface area (Å²) in [5, 5.41) is 0.465. The Balaban J connectivity index is 1.52. The van der Waals surface area contributed by atoms with Crippen molar-refractivity contribution in [3.63, 3.8) is 0 Å². The van der Waals surface area contributed by atoms with E-state index in [2.05, 4.69) is 9.88 Å². The molecule has 1 fully saturated rings. The molecule has 2 aromatic carbocycles. The standard InChI is InChI=1S/C24H24ClFN4O3S/c25-17-7-9-20(10-8-17)34(31,32)30-14-11-22-21(16-30)23(33-19-6-4-5-18(26)15-19)28-24(27-22)29-12-2-1-3-13-29/h4-10,15H,1-3,11-14,16H2. The maximum atomic E-state index is 13.8. The molecule has 0 aliphatic carbocycles. The van der Waals surface area contributed by atoms with Crippen molar-refractivity contribution in [1.82, 2.24) is 14.3 Å². The van der Waals surface area contributed by atoms with Crippen LogP contribution in [0.25, 0.3) is 0 Å². The van der Waals surface area contributed by atoms with E-state index < -0.39 is 15.8 Å². The van der Waals surface area contributed by atoms with Gasteiger partial charge in [0.05, 0.1) is 16.2 Å². The Morgan fingerprint density at radius 3 is 2.47 bits per heavy atom. The summed E-state index contributed by atoms with van der Waals surface area (Å²) in [5.74, 6) is 0.692. The summed E-state index contributed by atoms with van der Waals surface area (Å²) >= 11 is 5.93. The van der Waals surface area contributed by atoms with E-state index in [0.29, 0.717) is 28.7 Å². The number of anilines is 1. The minimum atomic E-state index is -3.76. The predicted molar refractivity (Wildman–Crippen MR) is 127 cm³/mol. The predicted octanol–water partition coefficient (Wildman–Crippen LogP) is 4.80. The summed E-state index contributed by atoms with van der Waals surface area (Å²) in [6.45, 7) is 2.06. The Kier molecular flexibility index (Phi) is 6.42. The molecule has 0 N–H and O–H groups in total. The number of hydrogen-bond acceptors (Lipinski definition) is 6. The molecule has 0 bridgehead atoms. The van der Waals surface area contributed by atoms with Gasteiger partial charge in [0.25, 0.3) is 0 Å². The van der Waals surface area contributed by atoms with Gasteiger partial charge in [-0.15, -0.1) is 0 Å². The van der Waals surface area contributed by atoms with Crippen LogP contribution >= 0.6 is 11.6 Å². The third-order valence-corrected chi connectivity index (χ3v) is 8.19. The SMILES string of the molecule is O=S(=O)(c1ccc(Cl)cc1)N1CCc2nc(N3CCCCC3)nc(Oc3cccc(F)c3)c2C1. The molecule has 0 amide bonds. The molecule has 3 heterocycles. The van der Waals surface area contributed by atoms with Gasteiger partial charge in [0.2, 0.25) is 21.9 Å². The lowest BCUT2D eigenvalue weighted by Crippen LogP contribution is -2.37. The zero-order chi connectivity index (χ0) is 23.7. The van der Waals surface area contributed by atoms with Crippen LogP contribution in [0.4, 0.5) is 10.3 Å². The third kappa shape index (κ3) is 4.73. The highest BCUT2D eigenvalue weighted by atomic mass is 35.5. The number of aromatic nitrogens is 2. The van der Waals surface area contributed by atoms with E-state index in [0.717, 1.165) is 31.6 Å². The van der Waals surface area contributed by atoms with Crippen molar-refractivity contribution in [2.45, 2.75) is 37.1 Å². The molecule has 0 radical (unpaired) electrons. The Hall–Kier alpha value is -2.75. The van der Waals surface area contributed by atoms with E-state index >= 15 is 0 Å². The largest absolute Gasteiger partial charge is 0.438 e. The molecule has 3 aromatic rings. The number of fused-ring (bicyclic) bond motifs is 1. The van der Waals surface area contributed by atoms with E-state index in [9.17, 15) is 12.8 Å². The van der Waals surface area contributed by atoms with Gasteiger partial charge in [0.15, 0.2) is 0 Å². The number of halogens is 2. The molecule has 1 saturated heterocycles. The summed E-state index contributed by atoms with van der Waals surface area (Å²) in [5.41, 5.74) is 1.35. The Morgan fingerprint density at radius 2 is 1.74 bits per heavy atom. The molecule has 0 atom stereocenters. The van der Waals surface area contributed by atoms with E-state index in [4.69, 9.17) is 21.3 Å². The molecule has 34 heavy (non-hydrogen) atoms. The van der Waals surface area contributed by atoms with Gasteiger partial charge < -0.3 is 9.64 Å². The second-order valence-electron chi connectivity index (χ2n) is 8.40.